The monoisotopic (exact) mass is 550 g/mol. The summed E-state index contributed by atoms with van der Waals surface area (Å²) in [6, 6.07) is 22.8. The Hall–Kier alpha value is -3.12. The van der Waals surface area contributed by atoms with Gasteiger partial charge in [0.1, 0.15) is 11.8 Å². The van der Waals surface area contributed by atoms with E-state index in [0.717, 1.165) is 33.1 Å². The van der Waals surface area contributed by atoms with E-state index in [0.29, 0.717) is 18.7 Å². The van der Waals surface area contributed by atoms with E-state index in [1.165, 1.54) is 0 Å². The van der Waals surface area contributed by atoms with Gasteiger partial charge in [-0.25, -0.2) is 0 Å². The predicted octanol–water partition coefficient (Wildman–Crippen LogP) is 6.00. The third kappa shape index (κ3) is 7.95. The van der Waals surface area contributed by atoms with Gasteiger partial charge >= 0.3 is 0 Å². The van der Waals surface area contributed by atoms with Gasteiger partial charge in [0.15, 0.2) is 6.61 Å². The predicted molar refractivity (Wildman–Crippen MR) is 148 cm³/mol. The Morgan fingerprint density at radius 3 is 2.36 bits per heavy atom. The molecule has 0 spiro atoms. The molecule has 5 nitrogen and oxygen atoms in total. The van der Waals surface area contributed by atoms with Gasteiger partial charge in [-0.15, -0.1) is 0 Å². The van der Waals surface area contributed by atoms with E-state index in [-0.39, 0.29) is 24.5 Å². The van der Waals surface area contributed by atoms with E-state index in [1.54, 1.807) is 4.90 Å². The minimum atomic E-state index is -0.676. The summed E-state index contributed by atoms with van der Waals surface area (Å²) in [5, 5.41) is 3.09. The highest BCUT2D eigenvalue weighted by Gasteiger charge is 2.31. The fourth-order valence-corrected chi connectivity index (χ4v) is 4.18. The van der Waals surface area contributed by atoms with Crippen LogP contribution in [-0.4, -0.2) is 35.4 Å². The van der Waals surface area contributed by atoms with Gasteiger partial charge in [-0.3, -0.25) is 9.59 Å². The average molecular weight is 552 g/mol. The second-order valence-electron chi connectivity index (χ2n) is 9.23. The van der Waals surface area contributed by atoms with Crippen LogP contribution in [0, 0.1) is 13.8 Å². The second-order valence-corrected chi connectivity index (χ2v) is 10.1. The number of hydrogen-bond acceptors (Lipinski definition) is 3. The zero-order valence-electron chi connectivity index (χ0n) is 21.5. The van der Waals surface area contributed by atoms with Crippen LogP contribution in [0.2, 0.25) is 0 Å². The van der Waals surface area contributed by atoms with Crippen LogP contribution < -0.4 is 10.1 Å². The number of halogens is 1. The number of ether oxygens (including phenoxy) is 1. The third-order valence-corrected chi connectivity index (χ3v) is 7.09. The summed E-state index contributed by atoms with van der Waals surface area (Å²) in [5.74, 6) is 0.217. The van der Waals surface area contributed by atoms with Crippen molar-refractivity contribution in [3.05, 3.63) is 99.5 Å². The molecule has 36 heavy (non-hydrogen) atoms. The summed E-state index contributed by atoms with van der Waals surface area (Å²) in [4.78, 5) is 28.8. The summed E-state index contributed by atoms with van der Waals surface area (Å²) in [7, 11) is 0. The van der Waals surface area contributed by atoms with Crippen molar-refractivity contribution in [3.63, 3.8) is 0 Å². The lowest BCUT2D eigenvalue weighted by atomic mass is 10.0. The van der Waals surface area contributed by atoms with Crippen molar-refractivity contribution in [2.75, 3.05) is 6.61 Å². The number of rotatable bonds is 11. The highest BCUT2D eigenvalue weighted by molar-refractivity contribution is 9.10. The van der Waals surface area contributed by atoms with Gasteiger partial charge in [-0.05, 0) is 62.1 Å². The molecular weight excluding hydrogens is 516 g/mol. The number of carbonyl (C=O) groups excluding carboxylic acids is 2. The molecule has 0 aliphatic rings. The minimum Gasteiger partial charge on any atom is -0.484 e. The van der Waals surface area contributed by atoms with Crippen molar-refractivity contribution < 1.29 is 14.3 Å². The molecule has 190 valence electrons. The van der Waals surface area contributed by atoms with Crippen LogP contribution in [0.3, 0.4) is 0 Å². The van der Waals surface area contributed by atoms with E-state index in [9.17, 15) is 9.59 Å². The summed E-state index contributed by atoms with van der Waals surface area (Å²) in [6.45, 7) is 8.15. The molecule has 3 aromatic rings. The highest BCUT2D eigenvalue weighted by atomic mass is 79.9. The molecule has 0 fully saturated rings. The molecule has 0 aliphatic heterocycles. The fourth-order valence-electron chi connectivity index (χ4n) is 3.94. The van der Waals surface area contributed by atoms with Gasteiger partial charge < -0.3 is 15.0 Å². The van der Waals surface area contributed by atoms with Gasteiger partial charge in [-0.2, -0.15) is 0 Å². The molecule has 2 atom stereocenters. The molecule has 1 N–H and O–H groups in total. The van der Waals surface area contributed by atoms with Gasteiger partial charge in [0.05, 0.1) is 0 Å². The van der Waals surface area contributed by atoms with Crippen LogP contribution in [0.1, 0.15) is 42.5 Å². The Balaban J connectivity index is 1.91. The lowest BCUT2D eigenvalue weighted by Gasteiger charge is -2.32. The van der Waals surface area contributed by atoms with Crippen molar-refractivity contribution in [2.45, 2.75) is 59.2 Å². The Morgan fingerprint density at radius 2 is 1.69 bits per heavy atom. The fraction of sp³-hybridized carbons (Fsp3) is 0.333. The summed E-state index contributed by atoms with van der Waals surface area (Å²) >= 11 is 3.49. The zero-order valence-corrected chi connectivity index (χ0v) is 23.0. The van der Waals surface area contributed by atoms with Gasteiger partial charge in [-0.1, -0.05) is 83.0 Å². The summed E-state index contributed by atoms with van der Waals surface area (Å²) < 4.78 is 6.86. The summed E-state index contributed by atoms with van der Waals surface area (Å²) in [6.07, 6.45) is 1.22. The number of amides is 2. The number of nitrogens with zero attached hydrogens (tertiary/aromatic N) is 1. The van der Waals surface area contributed by atoms with Crippen molar-refractivity contribution >= 4 is 27.7 Å². The highest BCUT2D eigenvalue weighted by Crippen LogP contribution is 2.22. The van der Waals surface area contributed by atoms with Crippen LogP contribution in [-0.2, 0) is 22.6 Å². The first kappa shape index (κ1) is 27.5. The van der Waals surface area contributed by atoms with E-state index < -0.39 is 6.04 Å². The van der Waals surface area contributed by atoms with Crippen molar-refractivity contribution in [2.24, 2.45) is 0 Å². The molecule has 0 aliphatic carbocycles. The number of carbonyl (C=O) groups is 2. The van der Waals surface area contributed by atoms with E-state index in [4.69, 9.17) is 4.74 Å². The number of benzene rings is 3. The van der Waals surface area contributed by atoms with Crippen LogP contribution >= 0.6 is 15.9 Å². The largest absolute Gasteiger partial charge is 0.484 e. The molecule has 0 aromatic heterocycles. The Kier molecular flexibility index (Phi) is 10.1. The molecule has 2 amide bonds. The smallest absolute Gasteiger partial charge is 0.261 e. The Bertz CT molecular complexity index is 1170. The lowest BCUT2D eigenvalue weighted by Crippen LogP contribution is -2.53. The average Bonchev–Trinajstić information content (AvgIpc) is 2.87. The maximum Gasteiger partial charge on any atom is 0.261 e. The molecule has 0 unspecified atom stereocenters. The quantitative estimate of drug-likeness (QED) is 0.318. The minimum absolute atomic E-state index is 0.00804. The number of hydrogen-bond donors (Lipinski definition) is 1. The van der Waals surface area contributed by atoms with E-state index in [1.807, 2.05) is 100 Å². The first-order valence-corrected chi connectivity index (χ1v) is 13.1. The molecule has 3 rings (SSSR count). The van der Waals surface area contributed by atoms with E-state index in [2.05, 4.69) is 21.2 Å². The van der Waals surface area contributed by atoms with Crippen molar-refractivity contribution in [1.82, 2.24) is 10.2 Å². The zero-order chi connectivity index (χ0) is 26.1. The topological polar surface area (TPSA) is 58.6 Å². The SMILES string of the molecule is CC[C@@H](C)NC(=O)[C@@H](Cc1ccccc1)N(Cc1cccc(C)c1)C(=O)COc1ccc(Br)c(C)c1. The van der Waals surface area contributed by atoms with Gasteiger partial charge in [0, 0.05) is 23.5 Å². The number of nitrogens with one attached hydrogen (secondary N) is 1. The first-order valence-electron chi connectivity index (χ1n) is 12.3. The van der Waals surface area contributed by atoms with Crippen LogP contribution in [0.5, 0.6) is 5.75 Å². The molecule has 3 aromatic carbocycles. The second kappa shape index (κ2) is 13.3. The molecule has 0 bridgehead atoms. The normalized spacial score (nSPS) is 12.5. The van der Waals surface area contributed by atoms with Crippen molar-refractivity contribution in [3.8, 4) is 5.75 Å². The number of aryl methyl sites for hydroxylation is 2. The molecular formula is C30H35BrN2O3. The molecule has 0 radical (unpaired) electrons. The van der Waals surface area contributed by atoms with E-state index >= 15 is 0 Å². The van der Waals surface area contributed by atoms with Crippen LogP contribution in [0.15, 0.2) is 77.3 Å². The molecule has 0 saturated heterocycles. The molecule has 6 heteroatoms. The Labute approximate surface area is 223 Å². The Morgan fingerprint density at radius 1 is 0.972 bits per heavy atom. The molecule has 0 heterocycles. The van der Waals surface area contributed by atoms with Crippen LogP contribution in [0.4, 0.5) is 0 Å². The van der Waals surface area contributed by atoms with Crippen molar-refractivity contribution in [1.29, 1.82) is 0 Å². The van der Waals surface area contributed by atoms with Gasteiger partial charge in [0.2, 0.25) is 5.91 Å². The molecule has 0 saturated carbocycles. The maximum atomic E-state index is 13.7. The maximum absolute atomic E-state index is 13.7. The van der Waals surface area contributed by atoms with Gasteiger partial charge in [0.25, 0.3) is 5.91 Å². The third-order valence-electron chi connectivity index (χ3n) is 6.20. The lowest BCUT2D eigenvalue weighted by molar-refractivity contribution is -0.143. The summed E-state index contributed by atoms with van der Waals surface area (Å²) in [5.41, 5.74) is 4.09. The van der Waals surface area contributed by atoms with Crippen LogP contribution in [0.25, 0.3) is 0 Å². The first-order chi connectivity index (χ1) is 17.3. The standard InChI is InChI=1S/C30H35BrN2O3/c1-5-23(4)32-30(35)28(18-24-11-7-6-8-12-24)33(19-25-13-9-10-21(2)16-25)29(34)20-36-26-14-15-27(31)22(3)17-26/h6-17,23,28H,5,18-20H2,1-4H3,(H,32,35)/t23-,28-/m1/s1.